The van der Waals surface area contributed by atoms with Crippen molar-refractivity contribution < 1.29 is 34.0 Å². The van der Waals surface area contributed by atoms with Crippen LogP contribution in [0.1, 0.15) is 29.8 Å². The molecule has 3 aromatic carbocycles. The van der Waals surface area contributed by atoms with Gasteiger partial charge in [0.05, 0.1) is 18.3 Å². The van der Waals surface area contributed by atoms with Crippen molar-refractivity contribution >= 4 is 5.91 Å². The Bertz CT molecular complexity index is 1210. The Morgan fingerprint density at radius 1 is 0.947 bits per heavy atom. The molecule has 0 spiro atoms. The molecule has 1 amide bonds. The van der Waals surface area contributed by atoms with Gasteiger partial charge < -0.3 is 34.5 Å². The second kappa shape index (κ2) is 12.0. The second-order valence-corrected chi connectivity index (χ2v) is 9.77. The summed E-state index contributed by atoms with van der Waals surface area (Å²) in [7, 11) is 3.05. The van der Waals surface area contributed by atoms with Crippen LogP contribution in [0.25, 0.3) is 11.1 Å². The summed E-state index contributed by atoms with van der Waals surface area (Å²) >= 11 is 0. The number of aliphatic hydroxyl groups is 2. The molecule has 4 atom stereocenters. The third-order valence-corrected chi connectivity index (χ3v) is 6.73. The van der Waals surface area contributed by atoms with E-state index < -0.39 is 30.2 Å². The Morgan fingerprint density at radius 3 is 2.29 bits per heavy atom. The van der Waals surface area contributed by atoms with Gasteiger partial charge in [-0.05, 0) is 67.3 Å². The van der Waals surface area contributed by atoms with Crippen LogP contribution in [0.3, 0.4) is 0 Å². The van der Waals surface area contributed by atoms with Crippen LogP contribution in [0.5, 0.6) is 11.5 Å². The number of nitrogens with one attached hydrogen (secondary N) is 1. The highest BCUT2D eigenvalue weighted by Gasteiger charge is 2.50. The summed E-state index contributed by atoms with van der Waals surface area (Å²) in [6.07, 6.45) is -3.77. The first-order valence-electron chi connectivity index (χ1n) is 12.6. The molecule has 0 radical (unpaired) electrons. The van der Waals surface area contributed by atoms with Crippen LogP contribution in [0.2, 0.25) is 0 Å². The molecule has 1 saturated heterocycles. The van der Waals surface area contributed by atoms with E-state index in [2.05, 4.69) is 5.32 Å². The van der Waals surface area contributed by atoms with Crippen LogP contribution in [0, 0.1) is 0 Å². The Balaban J connectivity index is 1.59. The summed E-state index contributed by atoms with van der Waals surface area (Å²) in [6.45, 7) is 3.97. The minimum Gasteiger partial charge on any atom is -0.497 e. The molecule has 0 unspecified atom stereocenters. The number of carbonyl (C=O) groups is 1. The van der Waals surface area contributed by atoms with Gasteiger partial charge in [-0.25, -0.2) is 0 Å². The number of rotatable bonds is 9. The Kier molecular flexibility index (Phi) is 8.69. The van der Waals surface area contributed by atoms with E-state index in [0.29, 0.717) is 35.6 Å². The lowest BCUT2D eigenvalue weighted by atomic mass is 9.89. The van der Waals surface area contributed by atoms with Gasteiger partial charge >= 0.3 is 0 Å². The maximum absolute atomic E-state index is 13.4. The monoisotopic (exact) mass is 521 g/mol. The van der Waals surface area contributed by atoms with Crippen molar-refractivity contribution in [2.75, 3.05) is 20.8 Å². The molecule has 38 heavy (non-hydrogen) atoms. The molecular formula is C30H35NO7. The second-order valence-electron chi connectivity index (χ2n) is 9.77. The Labute approximate surface area is 223 Å². The molecule has 4 rings (SSSR count). The van der Waals surface area contributed by atoms with Gasteiger partial charge in [0, 0.05) is 13.7 Å². The van der Waals surface area contributed by atoms with Crippen LogP contribution >= 0.6 is 0 Å². The molecule has 1 aliphatic rings. The van der Waals surface area contributed by atoms with Crippen molar-refractivity contribution in [3.05, 3.63) is 83.9 Å². The topological polar surface area (TPSA) is 106 Å². The minimum absolute atomic E-state index is 0.262. The van der Waals surface area contributed by atoms with Gasteiger partial charge in [-0.1, -0.05) is 42.5 Å². The first-order chi connectivity index (χ1) is 18.2. The Hall–Kier alpha value is -3.43. The molecule has 3 aromatic rings. The highest BCUT2D eigenvalue weighted by molar-refractivity contribution is 6.01. The number of methoxy groups -OCH3 is 2. The maximum Gasteiger partial charge on any atom is 0.252 e. The van der Waals surface area contributed by atoms with E-state index >= 15 is 0 Å². The molecule has 202 valence electrons. The van der Waals surface area contributed by atoms with Gasteiger partial charge in [0.2, 0.25) is 6.29 Å². The largest absolute Gasteiger partial charge is 0.497 e. The molecular weight excluding hydrogens is 486 g/mol. The van der Waals surface area contributed by atoms with E-state index in [4.69, 9.17) is 18.9 Å². The van der Waals surface area contributed by atoms with E-state index in [-0.39, 0.29) is 5.91 Å². The number of ether oxygens (including phenoxy) is 4. The standard InChI is InChI=1S/C30H35NO7/c1-30(2)27(36-4)25(32)26(33)29(38-30)37-22-14-15-23(20-10-12-21(35-3)13-11-20)24(18-22)28(34)31-17-16-19-8-6-5-7-9-19/h5-15,18,25-27,29,32-33H,16-17H2,1-4H3,(H,31,34)/t25-,26+,27+,29+/m0/s1. The summed E-state index contributed by atoms with van der Waals surface area (Å²) in [5.41, 5.74) is 2.15. The molecule has 1 fully saturated rings. The van der Waals surface area contributed by atoms with Gasteiger partial charge in [-0.2, -0.15) is 0 Å². The molecule has 0 aliphatic carbocycles. The van der Waals surface area contributed by atoms with Crippen molar-refractivity contribution in [2.24, 2.45) is 0 Å². The highest BCUT2D eigenvalue weighted by atomic mass is 16.7. The number of aliphatic hydroxyl groups excluding tert-OH is 2. The van der Waals surface area contributed by atoms with Crippen molar-refractivity contribution in [1.29, 1.82) is 0 Å². The van der Waals surface area contributed by atoms with Gasteiger partial charge in [0.25, 0.3) is 5.91 Å². The lowest BCUT2D eigenvalue weighted by molar-refractivity contribution is -0.305. The number of hydrogen-bond acceptors (Lipinski definition) is 7. The summed E-state index contributed by atoms with van der Waals surface area (Å²) in [4.78, 5) is 13.4. The molecule has 8 heteroatoms. The predicted molar refractivity (Wildman–Crippen MR) is 143 cm³/mol. The zero-order valence-electron chi connectivity index (χ0n) is 22.1. The normalized spacial score (nSPS) is 22.5. The van der Waals surface area contributed by atoms with Crippen LogP contribution < -0.4 is 14.8 Å². The number of hydrogen-bond donors (Lipinski definition) is 3. The predicted octanol–water partition coefficient (Wildman–Crippen LogP) is 3.59. The minimum atomic E-state index is -1.35. The zero-order valence-corrected chi connectivity index (χ0v) is 22.1. The van der Waals surface area contributed by atoms with Gasteiger partial charge in [-0.15, -0.1) is 0 Å². The van der Waals surface area contributed by atoms with Crippen molar-refractivity contribution in [3.63, 3.8) is 0 Å². The third-order valence-electron chi connectivity index (χ3n) is 6.73. The van der Waals surface area contributed by atoms with Crippen molar-refractivity contribution in [2.45, 2.75) is 50.5 Å². The fourth-order valence-corrected chi connectivity index (χ4v) is 4.71. The number of benzene rings is 3. The molecule has 0 saturated carbocycles. The highest BCUT2D eigenvalue weighted by Crippen LogP contribution is 2.34. The number of carbonyl (C=O) groups excluding carboxylic acids is 1. The molecule has 0 bridgehead atoms. The van der Waals surface area contributed by atoms with E-state index in [0.717, 1.165) is 11.1 Å². The maximum atomic E-state index is 13.4. The van der Waals surface area contributed by atoms with E-state index in [1.165, 1.54) is 7.11 Å². The van der Waals surface area contributed by atoms with Crippen molar-refractivity contribution in [1.82, 2.24) is 5.32 Å². The molecule has 1 aliphatic heterocycles. The van der Waals surface area contributed by atoms with E-state index in [9.17, 15) is 15.0 Å². The Morgan fingerprint density at radius 2 is 1.63 bits per heavy atom. The average molecular weight is 522 g/mol. The smallest absolute Gasteiger partial charge is 0.252 e. The average Bonchev–Trinajstić information content (AvgIpc) is 2.92. The van der Waals surface area contributed by atoms with E-state index in [1.54, 1.807) is 39.2 Å². The lowest BCUT2D eigenvalue weighted by Gasteiger charge is -2.46. The van der Waals surface area contributed by atoms with Crippen molar-refractivity contribution in [3.8, 4) is 22.6 Å². The van der Waals surface area contributed by atoms with Crippen LogP contribution in [0.4, 0.5) is 0 Å². The van der Waals surface area contributed by atoms with Crippen LogP contribution in [-0.2, 0) is 15.9 Å². The first-order valence-corrected chi connectivity index (χ1v) is 12.6. The first kappa shape index (κ1) is 27.6. The molecule has 0 aromatic heterocycles. The fraction of sp³-hybridized carbons (Fsp3) is 0.367. The zero-order chi connectivity index (χ0) is 27.3. The molecule has 1 heterocycles. The third kappa shape index (κ3) is 6.16. The fourth-order valence-electron chi connectivity index (χ4n) is 4.71. The van der Waals surface area contributed by atoms with Gasteiger partial charge in [0.1, 0.15) is 29.8 Å². The molecule has 3 N–H and O–H groups in total. The van der Waals surface area contributed by atoms with E-state index in [1.807, 2.05) is 54.6 Å². The van der Waals surface area contributed by atoms with Gasteiger partial charge in [0.15, 0.2) is 0 Å². The molecule has 8 nitrogen and oxygen atoms in total. The van der Waals surface area contributed by atoms with Crippen LogP contribution in [0.15, 0.2) is 72.8 Å². The summed E-state index contributed by atoms with van der Waals surface area (Å²) in [5.74, 6) is 0.766. The summed E-state index contributed by atoms with van der Waals surface area (Å²) in [5, 5.41) is 24.2. The summed E-state index contributed by atoms with van der Waals surface area (Å²) in [6, 6.07) is 22.5. The summed E-state index contributed by atoms with van der Waals surface area (Å²) < 4.78 is 22.5. The lowest BCUT2D eigenvalue weighted by Crippen LogP contribution is -2.63. The van der Waals surface area contributed by atoms with Crippen LogP contribution in [-0.4, -0.2) is 67.1 Å². The number of amides is 1. The van der Waals surface area contributed by atoms with Gasteiger partial charge in [-0.3, -0.25) is 4.79 Å². The quantitative estimate of drug-likeness (QED) is 0.395. The SMILES string of the molecule is COc1ccc(-c2ccc(O[C@@H]3OC(C)(C)[C@H](OC)[C@@H](O)[C@H]3O)cc2C(=O)NCCc2ccccc2)cc1.